The molecular weight excluding hydrogens is 200 g/mol. The minimum atomic E-state index is 0.291. The summed E-state index contributed by atoms with van der Waals surface area (Å²) in [5.74, 6) is 0.891. The van der Waals surface area contributed by atoms with Gasteiger partial charge in [0.25, 0.3) is 0 Å². The molecule has 1 aliphatic heterocycles. The van der Waals surface area contributed by atoms with Crippen molar-refractivity contribution in [2.24, 2.45) is 11.7 Å². The molecule has 0 aromatic heterocycles. The fourth-order valence-electron chi connectivity index (χ4n) is 2.31. The van der Waals surface area contributed by atoms with Gasteiger partial charge in [-0.3, -0.25) is 4.90 Å². The van der Waals surface area contributed by atoms with Gasteiger partial charge in [0.2, 0.25) is 0 Å². The maximum Gasteiger partial charge on any atom is 0.115 e. The number of hydrogen-bond acceptors (Lipinski definition) is 3. The van der Waals surface area contributed by atoms with E-state index in [0.717, 1.165) is 13.1 Å². The maximum atomic E-state index is 9.25. The second-order valence-electron chi connectivity index (χ2n) is 4.86. The summed E-state index contributed by atoms with van der Waals surface area (Å²) >= 11 is 0. The molecule has 0 bridgehead atoms. The van der Waals surface area contributed by atoms with E-state index >= 15 is 0 Å². The normalized spacial score (nSPS) is 28.2. The summed E-state index contributed by atoms with van der Waals surface area (Å²) in [4.78, 5) is 2.40. The Morgan fingerprint density at radius 1 is 1.31 bits per heavy atom. The Bertz CT molecular complexity index is 339. The highest BCUT2D eigenvalue weighted by atomic mass is 16.3. The van der Waals surface area contributed by atoms with Crippen LogP contribution in [0.2, 0.25) is 0 Å². The zero-order chi connectivity index (χ0) is 11.7. The molecule has 16 heavy (non-hydrogen) atoms. The molecule has 3 heteroatoms. The SMILES string of the molecule is CC1CN(C(C)c2ccc(O)cc2)CC1N. The molecule has 0 spiro atoms. The summed E-state index contributed by atoms with van der Waals surface area (Å²) in [6, 6.07) is 8.11. The molecule has 1 fully saturated rings. The quantitative estimate of drug-likeness (QED) is 0.798. The standard InChI is InChI=1S/C13H20N2O/c1-9-7-15(8-13(9)14)10(2)11-3-5-12(16)6-4-11/h3-6,9-10,13,16H,7-8,14H2,1-2H3. The van der Waals surface area contributed by atoms with Crippen molar-refractivity contribution in [3.8, 4) is 5.75 Å². The van der Waals surface area contributed by atoms with Gasteiger partial charge in [-0.25, -0.2) is 0 Å². The van der Waals surface area contributed by atoms with Gasteiger partial charge in [-0.15, -0.1) is 0 Å². The predicted molar refractivity (Wildman–Crippen MR) is 65.2 cm³/mol. The molecule has 3 N–H and O–H groups in total. The topological polar surface area (TPSA) is 49.5 Å². The van der Waals surface area contributed by atoms with E-state index in [1.165, 1.54) is 5.56 Å². The Kier molecular flexibility index (Phi) is 3.17. The van der Waals surface area contributed by atoms with Crippen LogP contribution in [0.3, 0.4) is 0 Å². The van der Waals surface area contributed by atoms with Crippen molar-refractivity contribution in [2.75, 3.05) is 13.1 Å². The number of aromatic hydroxyl groups is 1. The summed E-state index contributed by atoms with van der Waals surface area (Å²) in [6.07, 6.45) is 0. The summed E-state index contributed by atoms with van der Waals surface area (Å²) in [6.45, 7) is 6.41. The highest BCUT2D eigenvalue weighted by molar-refractivity contribution is 5.27. The highest BCUT2D eigenvalue weighted by Crippen LogP contribution is 2.27. The molecule has 1 aromatic rings. The van der Waals surface area contributed by atoms with E-state index in [9.17, 15) is 5.11 Å². The van der Waals surface area contributed by atoms with Crippen LogP contribution in [0.25, 0.3) is 0 Å². The first kappa shape index (κ1) is 11.4. The lowest BCUT2D eigenvalue weighted by atomic mass is 10.1. The van der Waals surface area contributed by atoms with E-state index in [4.69, 9.17) is 5.73 Å². The third-order valence-corrected chi connectivity index (χ3v) is 3.62. The molecule has 0 saturated carbocycles. The second-order valence-corrected chi connectivity index (χ2v) is 4.86. The van der Waals surface area contributed by atoms with Crippen LogP contribution in [-0.4, -0.2) is 29.1 Å². The summed E-state index contributed by atoms with van der Waals surface area (Å²) < 4.78 is 0. The van der Waals surface area contributed by atoms with E-state index in [2.05, 4.69) is 18.7 Å². The Morgan fingerprint density at radius 3 is 2.44 bits per heavy atom. The van der Waals surface area contributed by atoms with E-state index in [0.29, 0.717) is 23.8 Å². The average Bonchev–Trinajstić information content (AvgIpc) is 2.59. The number of likely N-dealkylation sites (tertiary alicyclic amines) is 1. The second kappa shape index (κ2) is 4.44. The highest BCUT2D eigenvalue weighted by Gasteiger charge is 2.29. The Hall–Kier alpha value is -1.06. The first-order chi connectivity index (χ1) is 7.58. The molecule has 1 saturated heterocycles. The molecule has 1 aliphatic rings. The van der Waals surface area contributed by atoms with Crippen LogP contribution in [0, 0.1) is 5.92 Å². The molecular formula is C13H20N2O. The van der Waals surface area contributed by atoms with Crippen molar-refractivity contribution in [1.82, 2.24) is 4.90 Å². The third-order valence-electron chi connectivity index (χ3n) is 3.62. The number of phenols is 1. The number of nitrogens with zero attached hydrogens (tertiary/aromatic N) is 1. The lowest BCUT2D eigenvalue weighted by Crippen LogP contribution is -2.29. The van der Waals surface area contributed by atoms with Gasteiger partial charge < -0.3 is 10.8 Å². The summed E-state index contributed by atoms with van der Waals surface area (Å²) in [5, 5.41) is 9.25. The van der Waals surface area contributed by atoms with Gasteiger partial charge >= 0.3 is 0 Å². The van der Waals surface area contributed by atoms with Gasteiger partial charge in [0, 0.05) is 25.2 Å². The van der Waals surface area contributed by atoms with Gasteiger partial charge in [0.1, 0.15) is 5.75 Å². The van der Waals surface area contributed by atoms with Crippen LogP contribution in [0.15, 0.2) is 24.3 Å². The van der Waals surface area contributed by atoms with Crippen molar-refractivity contribution in [1.29, 1.82) is 0 Å². The van der Waals surface area contributed by atoms with E-state index < -0.39 is 0 Å². The van der Waals surface area contributed by atoms with Crippen LogP contribution in [-0.2, 0) is 0 Å². The van der Waals surface area contributed by atoms with Gasteiger partial charge in [-0.05, 0) is 30.5 Å². The number of nitrogens with two attached hydrogens (primary N) is 1. The molecule has 0 aliphatic carbocycles. The van der Waals surface area contributed by atoms with Gasteiger partial charge in [-0.2, -0.15) is 0 Å². The molecule has 1 heterocycles. The fourth-order valence-corrected chi connectivity index (χ4v) is 2.31. The van der Waals surface area contributed by atoms with Crippen molar-refractivity contribution in [3.05, 3.63) is 29.8 Å². The molecule has 0 radical (unpaired) electrons. The predicted octanol–water partition coefficient (Wildman–Crippen LogP) is 1.73. The van der Waals surface area contributed by atoms with Crippen molar-refractivity contribution in [2.45, 2.75) is 25.9 Å². The monoisotopic (exact) mass is 220 g/mol. The maximum absolute atomic E-state index is 9.25. The minimum Gasteiger partial charge on any atom is -0.508 e. The first-order valence-corrected chi connectivity index (χ1v) is 5.86. The zero-order valence-corrected chi connectivity index (χ0v) is 9.93. The number of hydrogen-bond donors (Lipinski definition) is 2. The molecule has 2 rings (SSSR count). The van der Waals surface area contributed by atoms with Gasteiger partial charge in [-0.1, -0.05) is 19.1 Å². The zero-order valence-electron chi connectivity index (χ0n) is 9.93. The minimum absolute atomic E-state index is 0.291. The number of rotatable bonds is 2. The molecule has 0 amide bonds. The van der Waals surface area contributed by atoms with Crippen LogP contribution in [0.1, 0.15) is 25.5 Å². The molecule has 3 nitrogen and oxygen atoms in total. The number of phenolic OH excluding ortho intramolecular Hbond substituents is 1. The smallest absolute Gasteiger partial charge is 0.115 e. The Labute approximate surface area is 96.9 Å². The largest absolute Gasteiger partial charge is 0.508 e. The van der Waals surface area contributed by atoms with Crippen molar-refractivity contribution < 1.29 is 5.11 Å². The first-order valence-electron chi connectivity index (χ1n) is 5.86. The summed E-state index contributed by atoms with van der Waals surface area (Å²) in [7, 11) is 0. The van der Waals surface area contributed by atoms with Crippen LogP contribution in [0.4, 0.5) is 0 Å². The van der Waals surface area contributed by atoms with E-state index in [-0.39, 0.29) is 0 Å². The van der Waals surface area contributed by atoms with Crippen LogP contribution in [0.5, 0.6) is 5.75 Å². The molecule has 1 aromatic carbocycles. The van der Waals surface area contributed by atoms with Gasteiger partial charge in [0.15, 0.2) is 0 Å². The van der Waals surface area contributed by atoms with Crippen molar-refractivity contribution >= 4 is 0 Å². The average molecular weight is 220 g/mol. The lowest BCUT2D eigenvalue weighted by molar-refractivity contribution is 0.253. The Balaban J connectivity index is 2.08. The van der Waals surface area contributed by atoms with Crippen LogP contribution < -0.4 is 5.73 Å². The third kappa shape index (κ3) is 2.20. The molecule has 88 valence electrons. The van der Waals surface area contributed by atoms with Gasteiger partial charge in [0.05, 0.1) is 0 Å². The fraction of sp³-hybridized carbons (Fsp3) is 0.538. The molecule has 3 atom stereocenters. The van der Waals surface area contributed by atoms with Crippen molar-refractivity contribution in [3.63, 3.8) is 0 Å². The molecule has 3 unspecified atom stereocenters. The lowest BCUT2D eigenvalue weighted by Gasteiger charge is -2.24. The van der Waals surface area contributed by atoms with Crippen LogP contribution >= 0.6 is 0 Å². The Morgan fingerprint density at radius 2 is 1.94 bits per heavy atom. The summed E-state index contributed by atoms with van der Waals surface area (Å²) in [5.41, 5.74) is 7.26. The van der Waals surface area contributed by atoms with E-state index in [1.807, 2.05) is 12.1 Å². The number of benzene rings is 1. The van der Waals surface area contributed by atoms with E-state index in [1.54, 1.807) is 12.1 Å².